The molecular weight excluding hydrogens is 191 g/mol. The van der Waals surface area contributed by atoms with Crippen LogP contribution >= 0.6 is 0 Å². The Morgan fingerprint density at radius 1 is 1.08 bits per heavy atom. The number of ether oxygens (including phenoxy) is 1. The van der Waals surface area contributed by atoms with E-state index in [4.69, 9.17) is 25.5 Å². The van der Waals surface area contributed by atoms with Gasteiger partial charge in [-0.25, -0.2) is 0 Å². The molecule has 1 fully saturated rings. The molecule has 0 saturated carbocycles. The second kappa shape index (κ2) is 5.59. The third-order valence-corrected chi connectivity index (χ3v) is 1.72. The van der Waals surface area contributed by atoms with Crippen molar-refractivity contribution < 1.29 is 59.8 Å². The molecule has 72 valence electrons. The topological polar surface area (TPSA) is 110 Å². The molecule has 7 heteroatoms. The zero-order valence-corrected chi connectivity index (χ0v) is 9.16. The predicted octanol–water partition coefficient (Wildman–Crippen LogP) is -6.05. The van der Waals surface area contributed by atoms with Crippen molar-refractivity contribution >= 4 is 0 Å². The number of hydrogen-bond acceptors (Lipinski definition) is 6. The molecular formula is C6H11NaO6. The van der Waals surface area contributed by atoms with E-state index in [2.05, 4.69) is 4.74 Å². The number of aliphatic hydroxyl groups excluding tert-OH is 5. The van der Waals surface area contributed by atoms with Crippen molar-refractivity contribution in [3.63, 3.8) is 0 Å². The summed E-state index contributed by atoms with van der Waals surface area (Å²) in [5, 5.41) is 44.5. The molecule has 0 radical (unpaired) electrons. The van der Waals surface area contributed by atoms with Gasteiger partial charge in [0.25, 0.3) is 0 Å². The zero-order chi connectivity index (χ0) is 9.30. The molecule has 1 heterocycles. The summed E-state index contributed by atoms with van der Waals surface area (Å²) in [5.74, 6) is 0. The molecule has 0 aromatic heterocycles. The van der Waals surface area contributed by atoms with Gasteiger partial charge in [-0.3, -0.25) is 0 Å². The van der Waals surface area contributed by atoms with Crippen molar-refractivity contribution in [1.29, 1.82) is 0 Å². The van der Waals surface area contributed by atoms with Crippen LogP contribution in [0.3, 0.4) is 0 Å². The summed E-state index contributed by atoms with van der Waals surface area (Å²) in [5.41, 5.74) is 0. The van der Waals surface area contributed by atoms with E-state index in [1.807, 2.05) is 0 Å². The van der Waals surface area contributed by atoms with Gasteiger partial charge in [-0.15, -0.1) is 6.10 Å². The van der Waals surface area contributed by atoms with E-state index in [0.717, 1.165) is 0 Å². The van der Waals surface area contributed by atoms with Crippen LogP contribution in [0.2, 0.25) is 0 Å². The van der Waals surface area contributed by atoms with Gasteiger partial charge in [0.15, 0.2) is 6.29 Å². The minimum Gasteiger partial charge on any atom is -0.520 e. The Labute approximate surface area is 97.1 Å². The van der Waals surface area contributed by atoms with Crippen LogP contribution in [0, 0.1) is 6.10 Å². The van der Waals surface area contributed by atoms with Gasteiger partial charge in [0, 0.05) is 0 Å². The molecule has 1 aliphatic rings. The summed E-state index contributed by atoms with van der Waals surface area (Å²) in [6, 6.07) is 0. The van der Waals surface area contributed by atoms with Crippen LogP contribution in [0.5, 0.6) is 0 Å². The monoisotopic (exact) mass is 202 g/mol. The maximum absolute atomic E-state index is 9.08. The van der Waals surface area contributed by atoms with Gasteiger partial charge in [0.05, 0.1) is 6.10 Å². The van der Waals surface area contributed by atoms with Crippen LogP contribution in [-0.4, -0.2) is 56.7 Å². The van der Waals surface area contributed by atoms with Crippen molar-refractivity contribution in [3.8, 4) is 0 Å². The fraction of sp³-hybridized carbons (Fsp3) is 0.833. The Morgan fingerprint density at radius 2 is 1.62 bits per heavy atom. The minimum atomic E-state index is -1.61. The SMILES string of the molecule is OC[C-]1O[C@H](O)[C@H](O)[C@H](O)[C@@H]1O.[Na+]. The van der Waals surface area contributed by atoms with Crippen molar-refractivity contribution in [2.45, 2.75) is 24.6 Å². The molecule has 1 aliphatic heterocycles. The summed E-state index contributed by atoms with van der Waals surface area (Å²) >= 11 is 0. The standard InChI is InChI=1S/C6H11O6.Na/c7-1-2-3(8)4(9)5(10)6(11)12-2;/h3-11H,1H2;/q-1;+1/t3-,4-,5-,6+;/m1./s1. The summed E-state index contributed by atoms with van der Waals surface area (Å²) in [6.07, 6.45) is -6.41. The van der Waals surface area contributed by atoms with Crippen LogP contribution in [-0.2, 0) is 4.74 Å². The molecule has 13 heavy (non-hydrogen) atoms. The van der Waals surface area contributed by atoms with E-state index in [9.17, 15) is 0 Å². The normalized spacial score (nSPS) is 41.3. The van der Waals surface area contributed by atoms with Crippen molar-refractivity contribution in [2.75, 3.05) is 6.61 Å². The largest absolute Gasteiger partial charge is 1.00 e. The molecule has 0 bridgehead atoms. The van der Waals surface area contributed by atoms with Crippen LogP contribution in [0.15, 0.2) is 0 Å². The van der Waals surface area contributed by atoms with Crippen molar-refractivity contribution in [2.24, 2.45) is 0 Å². The molecule has 5 N–H and O–H groups in total. The maximum atomic E-state index is 9.08. The Bertz CT molecular complexity index is 151. The molecule has 0 aromatic carbocycles. The molecule has 1 rings (SSSR count). The van der Waals surface area contributed by atoms with Crippen LogP contribution in [0.4, 0.5) is 0 Å². The molecule has 0 amide bonds. The zero-order valence-electron chi connectivity index (χ0n) is 7.16. The van der Waals surface area contributed by atoms with E-state index in [-0.39, 0.29) is 35.7 Å². The molecule has 6 nitrogen and oxygen atoms in total. The summed E-state index contributed by atoms with van der Waals surface area (Å²) in [7, 11) is 0. The fourth-order valence-corrected chi connectivity index (χ4v) is 0.971. The van der Waals surface area contributed by atoms with E-state index in [0.29, 0.717) is 0 Å². The predicted molar refractivity (Wildman–Crippen MR) is 35.4 cm³/mol. The maximum Gasteiger partial charge on any atom is 1.00 e. The minimum absolute atomic E-state index is 0. The second-order valence-corrected chi connectivity index (χ2v) is 2.56. The molecule has 0 aliphatic carbocycles. The van der Waals surface area contributed by atoms with Crippen molar-refractivity contribution in [1.82, 2.24) is 0 Å². The first-order valence-corrected chi connectivity index (χ1v) is 3.43. The first kappa shape index (κ1) is 13.8. The van der Waals surface area contributed by atoms with Crippen molar-refractivity contribution in [3.05, 3.63) is 6.10 Å². The number of aliphatic hydroxyl groups is 5. The summed E-state index contributed by atoms with van der Waals surface area (Å²) < 4.78 is 4.49. The Hall–Kier alpha value is 0.760. The molecule has 0 unspecified atom stereocenters. The average Bonchev–Trinajstić information content (AvgIpc) is 2.08. The average molecular weight is 202 g/mol. The summed E-state index contributed by atoms with van der Waals surface area (Å²) in [4.78, 5) is 0. The number of hydrogen-bond donors (Lipinski definition) is 5. The summed E-state index contributed by atoms with van der Waals surface area (Å²) in [6.45, 7) is -0.609. The van der Waals surface area contributed by atoms with Gasteiger partial charge in [-0.1, -0.05) is 6.61 Å². The van der Waals surface area contributed by atoms with Gasteiger partial charge in [0.1, 0.15) is 6.10 Å². The Kier molecular flexibility index (Phi) is 5.92. The Balaban J connectivity index is 0.00000144. The van der Waals surface area contributed by atoms with E-state index < -0.39 is 31.2 Å². The molecule has 0 spiro atoms. The first-order valence-electron chi connectivity index (χ1n) is 3.43. The van der Waals surface area contributed by atoms with Gasteiger partial charge in [-0.05, 0) is 6.10 Å². The van der Waals surface area contributed by atoms with Crippen LogP contribution in [0.25, 0.3) is 0 Å². The van der Waals surface area contributed by atoms with Gasteiger partial charge >= 0.3 is 29.6 Å². The van der Waals surface area contributed by atoms with Crippen LogP contribution < -0.4 is 29.6 Å². The van der Waals surface area contributed by atoms with E-state index in [1.165, 1.54) is 0 Å². The smallest absolute Gasteiger partial charge is 0.520 e. The molecule has 1 saturated heterocycles. The second-order valence-electron chi connectivity index (χ2n) is 2.56. The quantitative estimate of drug-likeness (QED) is 0.214. The third-order valence-electron chi connectivity index (χ3n) is 1.72. The third kappa shape index (κ3) is 2.85. The van der Waals surface area contributed by atoms with Crippen LogP contribution in [0.1, 0.15) is 0 Å². The van der Waals surface area contributed by atoms with Gasteiger partial charge in [0.2, 0.25) is 0 Å². The first-order chi connectivity index (χ1) is 5.57. The Morgan fingerprint density at radius 3 is 2.08 bits per heavy atom. The fourth-order valence-electron chi connectivity index (χ4n) is 0.971. The molecule has 0 aromatic rings. The van der Waals surface area contributed by atoms with Gasteiger partial charge < -0.3 is 30.3 Å². The van der Waals surface area contributed by atoms with E-state index >= 15 is 0 Å². The van der Waals surface area contributed by atoms with Gasteiger partial charge in [-0.2, -0.15) is 0 Å². The molecule has 4 atom stereocenters. The van der Waals surface area contributed by atoms with E-state index in [1.54, 1.807) is 0 Å². The number of rotatable bonds is 1.